The van der Waals surface area contributed by atoms with E-state index in [9.17, 15) is 0 Å². The molecule has 0 fully saturated rings. The van der Waals surface area contributed by atoms with Gasteiger partial charge in [-0.15, -0.1) is 0 Å². The second-order valence-electron chi connectivity index (χ2n) is 4.50. The predicted octanol–water partition coefficient (Wildman–Crippen LogP) is 4.10. The average Bonchev–Trinajstić information content (AvgIpc) is 2.07. The van der Waals surface area contributed by atoms with Crippen LogP contribution in [0.1, 0.15) is 67.5 Å². The number of hydrogen-bond acceptors (Lipinski definition) is 0. The monoisotopic (exact) mass is 165 g/mol. The first-order chi connectivity index (χ1) is 8.25. The fourth-order valence-electron chi connectivity index (χ4n) is 0.750. The zero-order valence-corrected chi connectivity index (χ0v) is 8.00. The first-order valence-electron chi connectivity index (χ1n) is 8.25. The van der Waals surface area contributed by atoms with E-state index in [2.05, 4.69) is 0 Å². The molecule has 0 aromatic rings. The fourth-order valence-corrected chi connectivity index (χ4v) is 0.750. The van der Waals surface area contributed by atoms with Crippen LogP contribution in [0.5, 0.6) is 0 Å². The molecule has 0 spiro atoms. The second kappa shape index (κ2) is 2.50. The van der Waals surface area contributed by atoms with Gasteiger partial charge in [0.15, 0.2) is 0 Å². The maximum atomic E-state index is 7.79. The van der Waals surface area contributed by atoms with Crippen molar-refractivity contribution in [3.05, 3.63) is 0 Å². The van der Waals surface area contributed by atoms with Gasteiger partial charge >= 0.3 is 0 Å². The van der Waals surface area contributed by atoms with Gasteiger partial charge in [-0.05, 0) is 16.2 Å². The van der Waals surface area contributed by atoms with E-state index in [0.717, 1.165) is 6.92 Å². The lowest BCUT2D eigenvalue weighted by molar-refractivity contribution is 0.00575. The highest BCUT2D eigenvalue weighted by Gasteiger charge is 2.42. The summed E-state index contributed by atoms with van der Waals surface area (Å²) in [5, 5.41) is 0. The van der Waals surface area contributed by atoms with E-state index in [4.69, 9.17) is 12.3 Å². The van der Waals surface area contributed by atoms with Crippen molar-refractivity contribution in [1.82, 2.24) is 0 Å². The summed E-state index contributed by atoms with van der Waals surface area (Å²) in [5.74, 6) is 0. The Hall–Kier alpha value is 0. The van der Waals surface area contributed by atoms with Crippen molar-refractivity contribution in [3.8, 4) is 0 Å². The van der Waals surface area contributed by atoms with Crippen LogP contribution >= 0.6 is 0 Å². The Labute approximate surface area is 85.0 Å². The molecule has 11 heavy (non-hydrogen) atoms. The molecule has 0 aromatic heterocycles. The van der Waals surface area contributed by atoms with Gasteiger partial charge in [0.25, 0.3) is 0 Å². The summed E-state index contributed by atoms with van der Waals surface area (Å²) >= 11 is 0. The normalized spacial score (nSPS) is 35.2. The van der Waals surface area contributed by atoms with Crippen LogP contribution in [-0.2, 0) is 0 Å². The molecule has 0 N–H and O–H groups in total. The summed E-state index contributed by atoms with van der Waals surface area (Å²) in [4.78, 5) is 0. The lowest BCUT2D eigenvalue weighted by Crippen LogP contribution is -2.41. The lowest BCUT2D eigenvalue weighted by atomic mass is 9.56. The summed E-state index contributed by atoms with van der Waals surface area (Å²) in [5.41, 5.74) is -5.34. The van der Waals surface area contributed by atoms with Crippen molar-refractivity contribution in [1.29, 1.82) is 0 Å². The van der Waals surface area contributed by atoms with E-state index < -0.39 is 36.8 Å². The third kappa shape index (κ3) is 1.98. The topological polar surface area (TPSA) is 0 Å². The maximum absolute atomic E-state index is 7.79. The van der Waals surface area contributed by atoms with Crippen molar-refractivity contribution in [2.24, 2.45) is 16.2 Å². The molecule has 0 radical (unpaired) electrons. The van der Waals surface area contributed by atoms with Crippen LogP contribution in [0.4, 0.5) is 0 Å². The van der Waals surface area contributed by atoms with Crippen molar-refractivity contribution in [2.45, 2.75) is 55.2 Å². The minimum Gasteiger partial charge on any atom is -0.0596 e. The number of hydrogen-bond donors (Lipinski definition) is 0. The van der Waals surface area contributed by atoms with E-state index in [-0.39, 0.29) is 0 Å². The van der Waals surface area contributed by atoms with Crippen LogP contribution < -0.4 is 0 Å². The summed E-state index contributed by atoms with van der Waals surface area (Å²) in [7, 11) is 0. The van der Waals surface area contributed by atoms with E-state index in [1.807, 2.05) is 0 Å². The van der Waals surface area contributed by atoms with Gasteiger partial charge in [0.2, 0.25) is 0 Å². The zero-order chi connectivity index (χ0) is 17.0. The van der Waals surface area contributed by atoms with Crippen LogP contribution in [0.3, 0.4) is 0 Å². The molecule has 0 bridgehead atoms. The van der Waals surface area contributed by atoms with E-state index >= 15 is 0 Å². The highest BCUT2D eigenvalue weighted by molar-refractivity contribution is 4.91. The third-order valence-corrected chi connectivity index (χ3v) is 2.50. The Morgan fingerprint density at radius 1 is 0.727 bits per heavy atom. The minimum atomic E-state index is -2.94. The molecule has 0 saturated carbocycles. The van der Waals surface area contributed by atoms with E-state index in [1.165, 1.54) is 6.92 Å². The molecule has 0 nitrogen and oxygen atoms in total. The van der Waals surface area contributed by atoms with Crippen LogP contribution in [0.25, 0.3) is 0 Å². The smallest absolute Gasteiger partial charge is 0.0236 e. The molecule has 0 heteroatoms. The largest absolute Gasteiger partial charge is 0.0596 e. The average molecular weight is 165 g/mol. The lowest BCUT2D eigenvalue weighted by Gasteiger charge is -2.49. The molecule has 1 unspecified atom stereocenters. The molecule has 0 aliphatic heterocycles. The van der Waals surface area contributed by atoms with Gasteiger partial charge < -0.3 is 0 Å². The van der Waals surface area contributed by atoms with Gasteiger partial charge in [-0.3, -0.25) is 0 Å². The van der Waals surface area contributed by atoms with Crippen LogP contribution in [0.2, 0.25) is 0 Å². The van der Waals surface area contributed by atoms with Gasteiger partial charge in [-0.2, -0.15) is 0 Å². The van der Waals surface area contributed by atoms with E-state index in [1.54, 1.807) is 20.8 Å². The molecule has 0 aromatic carbocycles. The molecular weight excluding hydrogens is 132 g/mol. The first kappa shape index (κ1) is 3.05. The van der Waals surface area contributed by atoms with Gasteiger partial charge in [-0.1, -0.05) is 55.2 Å². The Morgan fingerprint density at radius 2 is 1.18 bits per heavy atom. The van der Waals surface area contributed by atoms with E-state index in [0.29, 0.717) is 0 Å². The van der Waals surface area contributed by atoms with Crippen molar-refractivity contribution in [2.75, 3.05) is 0 Å². The maximum Gasteiger partial charge on any atom is 0.0236 e. The Balaban J connectivity index is 6.71. The van der Waals surface area contributed by atoms with Crippen LogP contribution in [-0.4, -0.2) is 0 Å². The summed E-state index contributed by atoms with van der Waals surface area (Å²) in [6, 6.07) is 0. The fraction of sp³-hybridized carbons (Fsp3) is 1.00. The predicted molar refractivity (Wildman–Crippen MR) is 52.7 cm³/mol. The quantitative estimate of drug-likeness (QED) is 0.507. The molecule has 0 aliphatic rings. The molecule has 0 aliphatic carbocycles. The molecular formula is C11H24. The number of rotatable bonds is 0. The Bertz CT molecular complexity index is 286. The summed E-state index contributed by atoms with van der Waals surface area (Å²) in [6.07, 6.45) is 0. The van der Waals surface area contributed by atoms with Crippen molar-refractivity contribution < 1.29 is 12.3 Å². The van der Waals surface area contributed by atoms with Gasteiger partial charge in [0, 0.05) is 12.3 Å². The first-order valence-corrected chi connectivity index (χ1v) is 3.75. The molecule has 0 rings (SSSR count). The SMILES string of the molecule is [2H]C([2H])([2H])C(C)(C([2H])([2H])[2H])C(C)(C([2H])([2H])[2H])C(C)(C)C. The van der Waals surface area contributed by atoms with Crippen molar-refractivity contribution >= 4 is 0 Å². The molecule has 0 heterocycles. The Kier molecular flexibility index (Phi) is 0.693. The van der Waals surface area contributed by atoms with Gasteiger partial charge in [0.1, 0.15) is 0 Å². The standard InChI is InChI=1S/C11H24/c1-9(2,3)11(7,8)10(4,5)6/h1-8H3/i1D3,2D3,7D3. The molecule has 0 amide bonds. The summed E-state index contributed by atoms with van der Waals surface area (Å²) < 4.78 is 69.5. The van der Waals surface area contributed by atoms with Gasteiger partial charge in [0.05, 0.1) is 0 Å². The highest BCUT2D eigenvalue weighted by atomic mass is 14.5. The highest BCUT2D eigenvalue weighted by Crippen LogP contribution is 2.50. The van der Waals surface area contributed by atoms with Crippen molar-refractivity contribution in [3.63, 3.8) is 0 Å². The Morgan fingerprint density at radius 3 is 1.27 bits per heavy atom. The molecule has 68 valence electrons. The second-order valence-corrected chi connectivity index (χ2v) is 4.50. The van der Waals surface area contributed by atoms with Crippen LogP contribution in [0, 0.1) is 16.2 Å². The zero-order valence-electron chi connectivity index (χ0n) is 17.0. The van der Waals surface area contributed by atoms with Gasteiger partial charge in [-0.25, -0.2) is 0 Å². The molecule has 0 saturated heterocycles. The minimum absolute atomic E-state index is 1.05. The van der Waals surface area contributed by atoms with Crippen LogP contribution in [0.15, 0.2) is 0 Å². The molecule has 1 atom stereocenters. The summed E-state index contributed by atoms with van der Waals surface area (Å²) in [6.45, 7) is -1.62. The third-order valence-electron chi connectivity index (χ3n) is 2.50.